The molecule has 1 aromatic rings. The van der Waals surface area contributed by atoms with Crippen molar-refractivity contribution in [1.29, 1.82) is 0 Å². The molecule has 0 unspecified atom stereocenters. The molecule has 0 saturated carbocycles. The van der Waals surface area contributed by atoms with E-state index in [0.29, 0.717) is 18.3 Å². The quantitative estimate of drug-likeness (QED) is 0.777. The van der Waals surface area contributed by atoms with Crippen LogP contribution in [0.2, 0.25) is 0 Å². The van der Waals surface area contributed by atoms with Crippen LogP contribution in [0.15, 0.2) is 18.2 Å². The van der Waals surface area contributed by atoms with Gasteiger partial charge in [-0.25, -0.2) is 0 Å². The number of anilines is 1. The Balaban J connectivity index is 2.81. The zero-order chi connectivity index (χ0) is 13.4. The van der Waals surface area contributed by atoms with E-state index in [1.54, 1.807) is 0 Å². The van der Waals surface area contributed by atoms with Gasteiger partial charge in [-0.15, -0.1) is 0 Å². The van der Waals surface area contributed by atoms with Crippen LogP contribution in [0.1, 0.15) is 20.8 Å². The van der Waals surface area contributed by atoms with Gasteiger partial charge in [-0.1, -0.05) is 0 Å². The number of rotatable bonds is 6. The van der Waals surface area contributed by atoms with Crippen molar-refractivity contribution in [3.8, 4) is 11.5 Å². The highest BCUT2D eigenvalue weighted by Crippen LogP contribution is 2.30. The molecule has 1 aromatic carbocycles. The number of hydrogen-bond acceptors (Lipinski definition) is 3. The third kappa shape index (κ3) is 4.41. The lowest BCUT2D eigenvalue weighted by atomic mass is 10.2. The van der Waals surface area contributed by atoms with Crippen molar-refractivity contribution < 1.29 is 9.47 Å². The summed E-state index contributed by atoms with van der Waals surface area (Å²) in [7, 11) is 0. The first-order chi connectivity index (χ1) is 8.71. The highest BCUT2D eigenvalue weighted by molar-refractivity contribution is 7.80. The number of benzene rings is 1. The zero-order valence-electron chi connectivity index (χ0n) is 11.1. The van der Waals surface area contributed by atoms with Gasteiger partial charge in [-0.05, 0) is 45.1 Å². The maximum absolute atomic E-state index is 5.54. The minimum atomic E-state index is 0.598. The van der Waals surface area contributed by atoms with Crippen LogP contribution in [0.25, 0.3) is 0 Å². The van der Waals surface area contributed by atoms with Gasteiger partial charge in [0.25, 0.3) is 0 Å². The summed E-state index contributed by atoms with van der Waals surface area (Å²) < 4.78 is 11.0. The Bertz CT molecular complexity index is 397. The predicted octanol–water partition coefficient (Wildman–Crippen LogP) is 2.79. The fourth-order valence-electron chi connectivity index (χ4n) is 1.46. The Labute approximate surface area is 114 Å². The van der Waals surface area contributed by atoms with Gasteiger partial charge in [0.15, 0.2) is 16.6 Å². The van der Waals surface area contributed by atoms with Crippen molar-refractivity contribution in [1.82, 2.24) is 5.32 Å². The summed E-state index contributed by atoms with van der Waals surface area (Å²) in [6, 6.07) is 5.68. The second-order valence-electron chi connectivity index (χ2n) is 3.51. The first-order valence-corrected chi connectivity index (χ1v) is 6.56. The summed E-state index contributed by atoms with van der Waals surface area (Å²) in [5.41, 5.74) is 0.882. The summed E-state index contributed by atoms with van der Waals surface area (Å²) in [5, 5.41) is 6.73. The molecule has 5 heteroatoms. The van der Waals surface area contributed by atoms with E-state index in [4.69, 9.17) is 21.7 Å². The Morgan fingerprint density at radius 2 is 1.78 bits per heavy atom. The molecule has 0 saturated heterocycles. The highest BCUT2D eigenvalue weighted by atomic mass is 32.1. The number of thiocarbonyl (C=S) groups is 1. The van der Waals surface area contributed by atoms with E-state index in [1.165, 1.54) is 0 Å². The van der Waals surface area contributed by atoms with Crippen molar-refractivity contribution in [3.63, 3.8) is 0 Å². The Morgan fingerprint density at radius 3 is 2.39 bits per heavy atom. The molecule has 18 heavy (non-hydrogen) atoms. The van der Waals surface area contributed by atoms with E-state index in [0.717, 1.165) is 23.7 Å². The van der Waals surface area contributed by atoms with Crippen molar-refractivity contribution in [2.24, 2.45) is 0 Å². The second kappa shape index (κ2) is 7.76. The van der Waals surface area contributed by atoms with Gasteiger partial charge < -0.3 is 20.1 Å². The third-order valence-electron chi connectivity index (χ3n) is 2.14. The van der Waals surface area contributed by atoms with Crippen LogP contribution in [0, 0.1) is 0 Å². The highest BCUT2D eigenvalue weighted by Gasteiger charge is 2.06. The molecule has 100 valence electrons. The van der Waals surface area contributed by atoms with E-state index in [1.807, 2.05) is 39.0 Å². The Kier molecular flexibility index (Phi) is 6.28. The minimum Gasteiger partial charge on any atom is -0.490 e. The molecular formula is C13H20N2O2S. The van der Waals surface area contributed by atoms with Gasteiger partial charge in [0.1, 0.15) is 0 Å². The molecule has 0 fully saturated rings. The number of hydrogen-bond donors (Lipinski definition) is 2. The summed E-state index contributed by atoms with van der Waals surface area (Å²) in [5.74, 6) is 1.47. The lowest BCUT2D eigenvalue weighted by Crippen LogP contribution is -2.27. The molecule has 0 aliphatic carbocycles. The van der Waals surface area contributed by atoms with Crippen molar-refractivity contribution in [3.05, 3.63) is 18.2 Å². The van der Waals surface area contributed by atoms with Gasteiger partial charge in [0.05, 0.1) is 13.2 Å². The smallest absolute Gasteiger partial charge is 0.170 e. The average molecular weight is 268 g/mol. The van der Waals surface area contributed by atoms with Crippen LogP contribution >= 0.6 is 12.2 Å². The maximum Gasteiger partial charge on any atom is 0.170 e. The first-order valence-electron chi connectivity index (χ1n) is 6.15. The van der Waals surface area contributed by atoms with Crippen molar-refractivity contribution in [2.75, 3.05) is 25.1 Å². The van der Waals surface area contributed by atoms with E-state index in [-0.39, 0.29) is 0 Å². The van der Waals surface area contributed by atoms with Crippen LogP contribution in [0.4, 0.5) is 5.69 Å². The van der Waals surface area contributed by atoms with Crippen LogP contribution in [-0.4, -0.2) is 24.9 Å². The molecule has 0 heterocycles. The molecule has 0 spiro atoms. The van der Waals surface area contributed by atoms with E-state index in [9.17, 15) is 0 Å². The number of nitrogens with one attached hydrogen (secondary N) is 2. The first kappa shape index (κ1) is 14.6. The fraction of sp³-hybridized carbons (Fsp3) is 0.462. The van der Waals surface area contributed by atoms with Gasteiger partial charge >= 0.3 is 0 Å². The average Bonchev–Trinajstić information content (AvgIpc) is 2.33. The van der Waals surface area contributed by atoms with Gasteiger partial charge in [-0.3, -0.25) is 0 Å². The summed E-state index contributed by atoms with van der Waals surface area (Å²) in [4.78, 5) is 0. The summed E-state index contributed by atoms with van der Waals surface area (Å²) in [6.45, 7) is 7.89. The summed E-state index contributed by atoms with van der Waals surface area (Å²) >= 11 is 5.13. The molecule has 0 aromatic heterocycles. The molecule has 2 N–H and O–H groups in total. The molecule has 0 radical (unpaired) electrons. The van der Waals surface area contributed by atoms with Crippen LogP contribution in [-0.2, 0) is 0 Å². The van der Waals surface area contributed by atoms with Gasteiger partial charge in [0, 0.05) is 18.3 Å². The van der Waals surface area contributed by atoms with Crippen LogP contribution < -0.4 is 20.1 Å². The standard InChI is InChI=1S/C13H20N2O2S/c1-4-14-13(18)15-10-7-8-11(16-5-2)12(9-10)17-6-3/h7-9H,4-6H2,1-3H3,(H2,14,15,18). The second-order valence-corrected chi connectivity index (χ2v) is 3.92. The van der Waals surface area contributed by atoms with Crippen molar-refractivity contribution in [2.45, 2.75) is 20.8 Å². The topological polar surface area (TPSA) is 42.5 Å². The van der Waals surface area contributed by atoms with Crippen LogP contribution in [0.5, 0.6) is 11.5 Å². The SMILES string of the molecule is CCNC(=S)Nc1ccc(OCC)c(OCC)c1. The monoisotopic (exact) mass is 268 g/mol. The van der Waals surface area contributed by atoms with E-state index < -0.39 is 0 Å². The lowest BCUT2D eigenvalue weighted by molar-refractivity contribution is 0.288. The molecule has 0 bridgehead atoms. The summed E-state index contributed by atoms with van der Waals surface area (Å²) in [6.07, 6.45) is 0. The fourth-order valence-corrected chi connectivity index (χ4v) is 1.73. The van der Waals surface area contributed by atoms with E-state index >= 15 is 0 Å². The molecule has 0 aliphatic heterocycles. The molecule has 4 nitrogen and oxygen atoms in total. The lowest BCUT2D eigenvalue weighted by Gasteiger charge is -2.14. The van der Waals surface area contributed by atoms with E-state index in [2.05, 4.69) is 10.6 Å². The molecule has 1 rings (SSSR count). The molecular weight excluding hydrogens is 248 g/mol. The van der Waals surface area contributed by atoms with Gasteiger partial charge in [0.2, 0.25) is 0 Å². The third-order valence-corrected chi connectivity index (χ3v) is 2.38. The number of ether oxygens (including phenoxy) is 2. The minimum absolute atomic E-state index is 0.598. The zero-order valence-corrected chi connectivity index (χ0v) is 11.9. The van der Waals surface area contributed by atoms with Crippen molar-refractivity contribution >= 4 is 23.0 Å². The van der Waals surface area contributed by atoms with Gasteiger partial charge in [-0.2, -0.15) is 0 Å². The Hall–Kier alpha value is -1.49. The molecule has 0 atom stereocenters. The van der Waals surface area contributed by atoms with Crippen LogP contribution in [0.3, 0.4) is 0 Å². The molecule has 0 aliphatic rings. The predicted molar refractivity (Wildman–Crippen MR) is 78.7 cm³/mol. The Morgan fingerprint density at radius 1 is 1.11 bits per heavy atom. The maximum atomic E-state index is 5.54. The normalized spacial score (nSPS) is 9.72. The molecule has 0 amide bonds. The largest absolute Gasteiger partial charge is 0.490 e.